The average Bonchev–Trinajstić information content (AvgIpc) is 3.36. The van der Waals surface area contributed by atoms with E-state index in [4.69, 9.17) is 4.74 Å². The number of para-hydroxylation sites is 1. The predicted molar refractivity (Wildman–Crippen MR) is 169 cm³/mol. The van der Waals surface area contributed by atoms with E-state index < -0.39 is 34.9 Å². The molecule has 3 amide bonds. The van der Waals surface area contributed by atoms with E-state index in [0.717, 1.165) is 33.4 Å². The number of nitrogens with zero attached hydrogens (tertiary/aromatic N) is 1. The number of rotatable bonds is 11. The fourth-order valence-electron chi connectivity index (χ4n) is 5.53. The lowest BCUT2D eigenvalue weighted by Gasteiger charge is -2.22. The molecule has 0 bridgehead atoms. The van der Waals surface area contributed by atoms with Crippen molar-refractivity contribution in [2.75, 3.05) is 6.61 Å². The SMILES string of the molecule is Cc1ccc(CNC(=O)CC([15NH]C(=O)C(C)[15NH]C(=O)OCC2c3ccccc3-c3ccccc32)c2ccccc2[N+](=O)[O-])cc1. The molecular formula is C35H34N4O6. The first-order valence-electron chi connectivity index (χ1n) is 14.7. The third-order valence-corrected chi connectivity index (χ3v) is 7.90. The topological polar surface area (TPSA) is 140 Å². The molecule has 10 heteroatoms. The highest BCUT2D eigenvalue weighted by Gasteiger charge is 2.30. The van der Waals surface area contributed by atoms with Crippen molar-refractivity contribution in [2.45, 2.75) is 44.8 Å². The lowest BCUT2D eigenvalue weighted by Crippen LogP contribution is -2.47. The lowest BCUT2D eigenvalue weighted by atomic mass is 9.98. The molecule has 0 radical (unpaired) electrons. The number of aryl methyl sites for hydroxylation is 1. The highest BCUT2D eigenvalue weighted by atomic mass is 16.6. The molecule has 4 aromatic carbocycles. The van der Waals surface area contributed by atoms with Crippen LogP contribution in [-0.4, -0.2) is 35.5 Å². The number of carbonyl (C=O) groups is 3. The third kappa shape index (κ3) is 7.35. The van der Waals surface area contributed by atoms with Gasteiger partial charge in [-0.25, -0.2) is 4.79 Å². The molecule has 4 aromatic rings. The van der Waals surface area contributed by atoms with Crippen LogP contribution in [0.4, 0.5) is 10.5 Å². The van der Waals surface area contributed by atoms with Crippen LogP contribution in [0.5, 0.6) is 0 Å². The van der Waals surface area contributed by atoms with Crippen LogP contribution in [-0.2, 0) is 20.9 Å². The summed E-state index contributed by atoms with van der Waals surface area (Å²) < 4.78 is 5.56. The number of fused-ring (bicyclic) bond motifs is 3. The highest BCUT2D eigenvalue weighted by Crippen LogP contribution is 2.44. The Hall–Kier alpha value is -5.51. The summed E-state index contributed by atoms with van der Waals surface area (Å²) >= 11 is 0. The van der Waals surface area contributed by atoms with Crippen molar-refractivity contribution in [3.05, 3.63) is 135 Å². The Kier molecular flexibility index (Phi) is 9.52. The molecule has 2 atom stereocenters. The first-order chi connectivity index (χ1) is 21.7. The largest absolute Gasteiger partial charge is 0.449 e. The maximum atomic E-state index is 13.2. The van der Waals surface area contributed by atoms with Gasteiger partial charge in [0.15, 0.2) is 0 Å². The maximum Gasteiger partial charge on any atom is 0.407 e. The zero-order chi connectivity index (χ0) is 31.9. The van der Waals surface area contributed by atoms with Gasteiger partial charge in [0.1, 0.15) is 12.6 Å². The van der Waals surface area contributed by atoms with Gasteiger partial charge in [0.05, 0.1) is 22.9 Å². The number of carbonyl (C=O) groups excluding carboxylic acids is 3. The lowest BCUT2D eigenvalue weighted by molar-refractivity contribution is -0.385. The second kappa shape index (κ2) is 13.9. The van der Waals surface area contributed by atoms with Crippen molar-refractivity contribution < 1.29 is 24.0 Å². The van der Waals surface area contributed by atoms with Crippen LogP contribution in [0.2, 0.25) is 0 Å². The molecule has 1 aliphatic carbocycles. The quantitative estimate of drug-likeness (QED) is 0.114. The van der Waals surface area contributed by atoms with E-state index in [2.05, 4.69) is 16.0 Å². The first-order valence-corrected chi connectivity index (χ1v) is 14.7. The van der Waals surface area contributed by atoms with Crippen LogP contribution in [0.1, 0.15) is 53.1 Å². The molecule has 0 aromatic heterocycles. The summed E-state index contributed by atoms with van der Waals surface area (Å²) in [5.74, 6) is -1.18. The molecule has 0 saturated carbocycles. The standard InChI is InChI=1S/C35H34N4O6/c1-22-15-17-24(18-16-22)20-36-33(40)19-31(29-13-7-8-14-32(29)39(43)44)38-34(41)23(2)37-35(42)45-21-30-27-11-5-3-9-25(27)26-10-4-6-12-28(26)30/h3-18,23,30-31H,19-21H2,1-2H3,(H,36,40)(H,37,42)(H,38,41)/i37+1,38+1. The Balaban J connectivity index is 1.22. The Bertz CT molecular complexity index is 1680. The second-order valence-electron chi connectivity index (χ2n) is 11.0. The average molecular weight is 609 g/mol. The normalized spacial score (nSPS) is 13.1. The highest BCUT2D eigenvalue weighted by molar-refractivity contribution is 5.86. The summed E-state index contributed by atoms with van der Waals surface area (Å²) in [5.41, 5.74) is 6.24. The Morgan fingerprint density at radius 3 is 2.09 bits per heavy atom. The van der Waals surface area contributed by atoms with E-state index in [1.807, 2.05) is 79.7 Å². The summed E-state index contributed by atoms with van der Waals surface area (Å²) in [5, 5.41) is 19.8. The minimum absolute atomic E-state index is 0.0776. The molecule has 2 unspecified atom stereocenters. The van der Waals surface area contributed by atoms with Gasteiger partial charge in [-0.15, -0.1) is 0 Å². The number of ether oxygens (including phenoxy) is 1. The first kappa shape index (κ1) is 30.9. The number of nitrogens with one attached hydrogen (secondary N) is 3. The van der Waals surface area contributed by atoms with Gasteiger partial charge in [-0.05, 0) is 41.7 Å². The van der Waals surface area contributed by atoms with Gasteiger partial charge in [0, 0.05) is 18.5 Å². The van der Waals surface area contributed by atoms with E-state index in [-0.39, 0.29) is 36.7 Å². The molecule has 0 fully saturated rings. The van der Waals surface area contributed by atoms with Gasteiger partial charge in [-0.3, -0.25) is 19.7 Å². The number of amides is 3. The summed E-state index contributed by atoms with van der Waals surface area (Å²) in [6, 6.07) is 27.4. The third-order valence-electron chi connectivity index (χ3n) is 7.90. The number of benzene rings is 4. The molecule has 3 N–H and O–H groups in total. The summed E-state index contributed by atoms with van der Waals surface area (Å²) in [6.07, 6.45) is -1.03. The molecule has 0 saturated heterocycles. The molecule has 0 aliphatic heterocycles. The van der Waals surface area contributed by atoms with Gasteiger partial charge in [0.25, 0.3) is 5.69 Å². The van der Waals surface area contributed by atoms with Crippen LogP contribution in [0.25, 0.3) is 11.1 Å². The van der Waals surface area contributed by atoms with E-state index in [1.165, 1.54) is 25.1 Å². The molecule has 230 valence electrons. The minimum atomic E-state index is -1.05. The van der Waals surface area contributed by atoms with E-state index in [0.29, 0.717) is 0 Å². The van der Waals surface area contributed by atoms with Crippen LogP contribution in [0.15, 0.2) is 97.1 Å². The van der Waals surface area contributed by atoms with E-state index >= 15 is 0 Å². The van der Waals surface area contributed by atoms with Crippen LogP contribution < -0.4 is 16.0 Å². The predicted octanol–water partition coefficient (Wildman–Crippen LogP) is 5.69. The van der Waals surface area contributed by atoms with Gasteiger partial charge in [-0.2, -0.15) is 0 Å². The summed E-state index contributed by atoms with van der Waals surface area (Å²) in [6.45, 7) is 3.78. The van der Waals surface area contributed by atoms with E-state index in [1.54, 1.807) is 6.07 Å². The van der Waals surface area contributed by atoms with Gasteiger partial charge < -0.3 is 20.7 Å². The molecule has 10 nitrogen and oxygen atoms in total. The van der Waals surface area contributed by atoms with Crippen molar-refractivity contribution >= 4 is 23.6 Å². The van der Waals surface area contributed by atoms with Crippen molar-refractivity contribution in [2.24, 2.45) is 0 Å². The second-order valence-corrected chi connectivity index (χ2v) is 11.0. The Labute approximate surface area is 261 Å². The molecule has 45 heavy (non-hydrogen) atoms. The number of nitro groups is 1. The van der Waals surface area contributed by atoms with Crippen molar-refractivity contribution in [3.63, 3.8) is 0 Å². The monoisotopic (exact) mass is 608 g/mol. The summed E-state index contributed by atoms with van der Waals surface area (Å²) in [4.78, 5) is 50.2. The van der Waals surface area contributed by atoms with Crippen molar-refractivity contribution in [3.8, 4) is 11.1 Å². The minimum Gasteiger partial charge on any atom is -0.449 e. The van der Waals surface area contributed by atoms with Gasteiger partial charge in [0.2, 0.25) is 11.8 Å². The number of nitro benzene ring substituents is 1. The number of hydrogen-bond donors (Lipinski definition) is 3. The van der Waals surface area contributed by atoms with Crippen LogP contribution in [0, 0.1) is 17.0 Å². The molecule has 0 spiro atoms. The van der Waals surface area contributed by atoms with Crippen LogP contribution in [0.3, 0.4) is 0 Å². The molecule has 0 heterocycles. The summed E-state index contributed by atoms with van der Waals surface area (Å²) in [7, 11) is 0. The van der Waals surface area contributed by atoms with E-state index in [9.17, 15) is 24.5 Å². The molecular weight excluding hydrogens is 574 g/mol. The van der Waals surface area contributed by atoms with Crippen molar-refractivity contribution in [1.82, 2.24) is 16.0 Å². The molecule has 5 rings (SSSR count). The Morgan fingerprint density at radius 2 is 1.44 bits per heavy atom. The fraction of sp³-hybridized carbons (Fsp3) is 0.229. The molecule has 1 aliphatic rings. The van der Waals surface area contributed by atoms with Crippen LogP contribution >= 0.6 is 0 Å². The van der Waals surface area contributed by atoms with Gasteiger partial charge >= 0.3 is 6.09 Å². The smallest absolute Gasteiger partial charge is 0.407 e. The number of hydrogen-bond acceptors (Lipinski definition) is 6. The zero-order valence-electron chi connectivity index (χ0n) is 25.0. The Morgan fingerprint density at radius 1 is 0.844 bits per heavy atom. The zero-order valence-corrected chi connectivity index (χ0v) is 25.0. The maximum absolute atomic E-state index is 13.2. The van der Waals surface area contributed by atoms with Gasteiger partial charge in [-0.1, -0.05) is 96.6 Å². The number of alkyl carbamates (subject to hydrolysis) is 1. The fourth-order valence-corrected chi connectivity index (χ4v) is 5.53. The van der Waals surface area contributed by atoms with Crippen molar-refractivity contribution in [1.29, 1.82) is 0 Å².